The van der Waals surface area contributed by atoms with Crippen molar-refractivity contribution in [1.82, 2.24) is 0 Å². The van der Waals surface area contributed by atoms with Gasteiger partial charge >= 0.3 is 0 Å². The van der Waals surface area contributed by atoms with Crippen LogP contribution in [0.4, 0.5) is 5.69 Å². The highest BCUT2D eigenvalue weighted by Gasteiger charge is 2.09. The highest BCUT2D eigenvalue weighted by Crippen LogP contribution is 2.17. The zero-order valence-electron chi connectivity index (χ0n) is 11.1. The SMILES string of the molecule is CCCC(N)CC(=O)Nc1cccc(OCC#N)c1. The normalized spacial score (nSPS) is 11.4. The molecule has 1 aromatic carbocycles. The maximum atomic E-state index is 11.7. The van der Waals surface area contributed by atoms with Crippen LogP contribution < -0.4 is 15.8 Å². The first-order valence-electron chi connectivity index (χ1n) is 6.31. The van der Waals surface area contributed by atoms with Crippen LogP contribution in [-0.4, -0.2) is 18.6 Å². The Balaban J connectivity index is 2.52. The minimum atomic E-state index is -0.113. The third-order valence-corrected chi connectivity index (χ3v) is 2.53. The molecule has 19 heavy (non-hydrogen) atoms. The zero-order chi connectivity index (χ0) is 14.1. The van der Waals surface area contributed by atoms with E-state index in [-0.39, 0.29) is 18.6 Å². The fourth-order valence-corrected chi connectivity index (χ4v) is 1.70. The van der Waals surface area contributed by atoms with Gasteiger partial charge in [0.1, 0.15) is 11.8 Å². The standard InChI is InChI=1S/C14H19N3O2/c1-2-4-11(16)9-14(18)17-12-5-3-6-13(10-12)19-8-7-15/h3,5-6,10-11H,2,4,8-9,16H2,1H3,(H,17,18). The first-order valence-corrected chi connectivity index (χ1v) is 6.31. The van der Waals surface area contributed by atoms with Crippen LogP contribution >= 0.6 is 0 Å². The second-order valence-electron chi connectivity index (χ2n) is 4.28. The van der Waals surface area contributed by atoms with E-state index < -0.39 is 0 Å². The molecule has 1 rings (SSSR count). The molecule has 1 amide bonds. The predicted molar refractivity (Wildman–Crippen MR) is 73.7 cm³/mol. The molecule has 5 nitrogen and oxygen atoms in total. The lowest BCUT2D eigenvalue weighted by Crippen LogP contribution is -2.26. The van der Waals surface area contributed by atoms with E-state index in [1.807, 2.05) is 13.0 Å². The quantitative estimate of drug-likeness (QED) is 0.786. The number of anilines is 1. The monoisotopic (exact) mass is 261 g/mol. The fourth-order valence-electron chi connectivity index (χ4n) is 1.70. The number of amides is 1. The van der Waals surface area contributed by atoms with Gasteiger partial charge in [-0.15, -0.1) is 0 Å². The molecule has 1 aromatic rings. The highest BCUT2D eigenvalue weighted by molar-refractivity contribution is 5.91. The summed E-state index contributed by atoms with van der Waals surface area (Å²) in [6.45, 7) is 2.02. The first-order chi connectivity index (χ1) is 9.15. The van der Waals surface area contributed by atoms with E-state index in [2.05, 4.69) is 5.32 Å². The van der Waals surface area contributed by atoms with Gasteiger partial charge in [0, 0.05) is 24.2 Å². The summed E-state index contributed by atoms with van der Waals surface area (Å²) in [6, 6.07) is 8.72. The Kier molecular flexibility index (Phi) is 6.41. The van der Waals surface area contributed by atoms with Crippen molar-refractivity contribution >= 4 is 11.6 Å². The third kappa shape index (κ3) is 5.89. The maximum absolute atomic E-state index is 11.7. The molecule has 0 fully saturated rings. The number of nitriles is 1. The summed E-state index contributed by atoms with van der Waals surface area (Å²) < 4.78 is 5.16. The molecule has 1 atom stereocenters. The third-order valence-electron chi connectivity index (χ3n) is 2.53. The second-order valence-corrected chi connectivity index (χ2v) is 4.28. The van der Waals surface area contributed by atoms with Gasteiger partial charge in [-0.1, -0.05) is 19.4 Å². The number of benzene rings is 1. The van der Waals surface area contributed by atoms with Gasteiger partial charge in [0.15, 0.2) is 6.61 Å². The van der Waals surface area contributed by atoms with Crippen molar-refractivity contribution in [2.24, 2.45) is 5.73 Å². The predicted octanol–water partition coefficient (Wildman–Crippen LogP) is 2.04. The molecular weight excluding hydrogens is 242 g/mol. The number of carbonyl (C=O) groups excluding carboxylic acids is 1. The maximum Gasteiger partial charge on any atom is 0.225 e. The molecule has 0 heterocycles. The van der Waals surface area contributed by atoms with Gasteiger partial charge in [-0.05, 0) is 18.6 Å². The van der Waals surface area contributed by atoms with Crippen molar-refractivity contribution < 1.29 is 9.53 Å². The van der Waals surface area contributed by atoms with Crippen LogP contribution in [0.2, 0.25) is 0 Å². The topological polar surface area (TPSA) is 88.1 Å². The minimum absolute atomic E-state index is 0.0151. The Morgan fingerprint density at radius 3 is 3.05 bits per heavy atom. The molecule has 0 radical (unpaired) electrons. The van der Waals surface area contributed by atoms with Crippen LogP contribution in [0.5, 0.6) is 5.75 Å². The summed E-state index contributed by atoms with van der Waals surface area (Å²) in [5.74, 6) is 0.440. The minimum Gasteiger partial charge on any atom is -0.479 e. The Morgan fingerprint density at radius 2 is 2.37 bits per heavy atom. The molecule has 1 unspecified atom stereocenters. The van der Waals surface area contributed by atoms with Gasteiger partial charge < -0.3 is 15.8 Å². The van der Waals surface area contributed by atoms with Crippen LogP contribution in [0, 0.1) is 11.3 Å². The molecule has 0 aromatic heterocycles. The highest BCUT2D eigenvalue weighted by atomic mass is 16.5. The molecule has 0 aliphatic heterocycles. The fraction of sp³-hybridized carbons (Fsp3) is 0.429. The lowest BCUT2D eigenvalue weighted by molar-refractivity contribution is -0.116. The van der Waals surface area contributed by atoms with Crippen molar-refractivity contribution in [3.63, 3.8) is 0 Å². The molecule has 0 saturated carbocycles. The molecular formula is C14H19N3O2. The lowest BCUT2D eigenvalue weighted by Gasteiger charge is -2.11. The molecule has 0 bridgehead atoms. The number of nitrogens with zero attached hydrogens (tertiary/aromatic N) is 1. The number of hydrogen-bond donors (Lipinski definition) is 2. The van der Waals surface area contributed by atoms with E-state index in [1.54, 1.807) is 24.3 Å². The van der Waals surface area contributed by atoms with Crippen molar-refractivity contribution in [1.29, 1.82) is 5.26 Å². The van der Waals surface area contributed by atoms with Crippen LogP contribution in [0.3, 0.4) is 0 Å². The lowest BCUT2D eigenvalue weighted by atomic mass is 10.1. The number of nitrogens with two attached hydrogens (primary N) is 1. The van der Waals surface area contributed by atoms with Crippen LogP contribution in [0.15, 0.2) is 24.3 Å². The van der Waals surface area contributed by atoms with Gasteiger partial charge in [0.2, 0.25) is 5.91 Å². The smallest absolute Gasteiger partial charge is 0.225 e. The van der Waals surface area contributed by atoms with Gasteiger partial charge in [0.05, 0.1) is 0 Å². The molecule has 0 aliphatic carbocycles. The molecule has 3 N–H and O–H groups in total. The number of nitrogens with one attached hydrogen (secondary N) is 1. The van der Waals surface area contributed by atoms with Gasteiger partial charge in [-0.2, -0.15) is 5.26 Å². The van der Waals surface area contributed by atoms with Gasteiger partial charge in [-0.3, -0.25) is 4.79 Å². The summed E-state index contributed by atoms with van der Waals surface area (Å²) in [5, 5.41) is 11.2. The Morgan fingerprint density at radius 1 is 1.58 bits per heavy atom. The van der Waals surface area contributed by atoms with Crippen molar-refractivity contribution in [3.05, 3.63) is 24.3 Å². The van der Waals surface area contributed by atoms with Crippen LogP contribution in [0.1, 0.15) is 26.2 Å². The molecule has 0 aliphatic rings. The van der Waals surface area contributed by atoms with Crippen molar-refractivity contribution in [2.75, 3.05) is 11.9 Å². The second kappa shape index (κ2) is 8.11. The average molecular weight is 261 g/mol. The number of rotatable bonds is 7. The molecule has 5 heteroatoms. The molecule has 0 spiro atoms. The summed E-state index contributed by atoms with van der Waals surface area (Å²) in [5.41, 5.74) is 6.46. The number of ether oxygens (including phenoxy) is 1. The van der Waals surface area contributed by atoms with Crippen LogP contribution in [0.25, 0.3) is 0 Å². The first kappa shape index (κ1) is 15.0. The average Bonchev–Trinajstić information content (AvgIpc) is 2.36. The van der Waals surface area contributed by atoms with E-state index in [9.17, 15) is 4.79 Å². The van der Waals surface area contributed by atoms with E-state index in [4.69, 9.17) is 15.7 Å². The Bertz CT molecular complexity index is 454. The summed E-state index contributed by atoms with van der Waals surface area (Å²) >= 11 is 0. The number of carbonyl (C=O) groups is 1. The van der Waals surface area contributed by atoms with E-state index >= 15 is 0 Å². The van der Waals surface area contributed by atoms with Gasteiger partial charge in [-0.25, -0.2) is 0 Å². The molecule has 0 saturated heterocycles. The van der Waals surface area contributed by atoms with Crippen molar-refractivity contribution in [3.8, 4) is 11.8 Å². The zero-order valence-corrected chi connectivity index (χ0v) is 11.1. The van der Waals surface area contributed by atoms with Crippen LogP contribution in [-0.2, 0) is 4.79 Å². The largest absolute Gasteiger partial charge is 0.479 e. The summed E-state index contributed by atoms with van der Waals surface area (Å²) in [7, 11) is 0. The van der Waals surface area contributed by atoms with E-state index in [0.29, 0.717) is 17.9 Å². The van der Waals surface area contributed by atoms with Crippen molar-refractivity contribution in [2.45, 2.75) is 32.2 Å². The summed E-state index contributed by atoms with van der Waals surface area (Å²) in [4.78, 5) is 11.7. The number of hydrogen-bond acceptors (Lipinski definition) is 4. The Hall–Kier alpha value is -2.06. The molecule has 102 valence electrons. The Labute approximate surface area is 113 Å². The van der Waals surface area contributed by atoms with E-state index in [1.165, 1.54) is 0 Å². The van der Waals surface area contributed by atoms with Gasteiger partial charge in [0.25, 0.3) is 0 Å². The summed E-state index contributed by atoms with van der Waals surface area (Å²) in [6.07, 6.45) is 2.10. The van der Waals surface area contributed by atoms with E-state index in [0.717, 1.165) is 12.8 Å².